The van der Waals surface area contributed by atoms with Gasteiger partial charge in [-0.15, -0.1) is 0 Å². The Kier molecular flexibility index (Phi) is 5.16. The van der Waals surface area contributed by atoms with Crippen molar-refractivity contribution in [1.29, 1.82) is 0 Å². The number of pyridine rings is 1. The van der Waals surface area contributed by atoms with Gasteiger partial charge in [0.25, 0.3) is 5.91 Å². The fourth-order valence-corrected chi connectivity index (χ4v) is 3.38. The first-order chi connectivity index (χ1) is 13.7. The van der Waals surface area contributed by atoms with Gasteiger partial charge in [0.15, 0.2) is 0 Å². The number of nitrogens with zero attached hydrogens (tertiary/aromatic N) is 4. The molecule has 1 aromatic carbocycles. The third kappa shape index (κ3) is 3.66. The summed E-state index contributed by atoms with van der Waals surface area (Å²) < 4.78 is 1.75. The monoisotopic (exact) mass is 396 g/mol. The van der Waals surface area contributed by atoms with Gasteiger partial charge in [0.05, 0.1) is 29.5 Å². The number of nitrogens with one attached hydrogen (secondary N) is 2. The van der Waals surface area contributed by atoms with Gasteiger partial charge < -0.3 is 5.32 Å². The minimum Gasteiger partial charge on any atom is -0.347 e. The standard InChI is InChI=1S/C20H21ClN6O/c1-2-17-19(26-12-15(21)5-8-18(26)25-17)20(28)23-11-14-3-6-16(7-4-14)27-10-9-22-13-24-27/h3-8,12-13H,2,9-11H2,1H3,(H,22,24)(H,23,28). The molecule has 0 saturated carbocycles. The van der Waals surface area contributed by atoms with Crippen LogP contribution in [-0.2, 0) is 13.0 Å². The quantitative estimate of drug-likeness (QED) is 0.695. The maximum atomic E-state index is 12.9. The maximum Gasteiger partial charge on any atom is 0.270 e. The summed E-state index contributed by atoms with van der Waals surface area (Å²) in [6.07, 6.45) is 4.09. The van der Waals surface area contributed by atoms with E-state index in [1.807, 2.05) is 42.3 Å². The van der Waals surface area contributed by atoms with Gasteiger partial charge in [0, 0.05) is 12.7 Å². The first-order valence-electron chi connectivity index (χ1n) is 9.21. The number of hydrazine groups is 1. The Hall–Kier alpha value is -3.06. The van der Waals surface area contributed by atoms with Crippen LogP contribution in [0.1, 0.15) is 28.7 Å². The van der Waals surface area contributed by atoms with Crippen molar-refractivity contribution in [2.75, 3.05) is 18.1 Å². The van der Waals surface area contributed by atoms with Gasteiger partial charge >= 0.3 is 0 Å². The van der Waals surface area contributed by atoms with E-state index in [1.54, 1.807) is 23.0 Å². The Balaban J connectivity index is 1.48. The number of aromatic nitrogens is 2. The van der Waals surface area contributed by atoms with Crippen molar-refractivity contribution in [2.45, 2.75) is 19.9 Å². The summed E-state index contributed by atoms with van der Waals surface area (Å²) in [6.45, 7) is 4.01. The van der Waals surface area contributed by atoms with Crippen molar-refractivity contribution in [3.63, 3.8) is 0 Å². The van der Waals surface area contributed by atoms with Crippen molar-refractivity contribution in [3.8, 4) is 0 Å². The summed E-state index contributed by atoms with van der Waals surface area (Å²) in [5, 5.41) is 5.59. The van der Waals surface area contributed by atoms with Gasteiger partial charge in [-0.1, -0.05) is 30.7 Å². The Morgan fingerprint density at radius 1 is 1.25 bits per heavy atom. The minimum atomic E-state index is -0.162. The lowest BCUT2D eigenvalue weighted by atomic mass is 10.2. The highest BCUT2D eigenvalue weighted by Crippen LogP contribution is 2.18. The van der Waals surface area contributed by atoms with Gasteiger partial charge in [-0.25, -0.2) is 4.98 Å². The van der Waals surface area contributed by atoms with Crippen LogP contribution < -0.4 is 15.8 Å². The molecule has 1 amide bonds. The Labute approximate surface area is 168 Å². The second-order valence-electron chi connectivity index (χ2n) is 6.50. The number of aliphatic imine (C=N–C) groups is 1. The summed E-state index contributed by atoms with van der Waals surface area (Å²) in [7, 11) is 0. The summed E-state index contributed by atoms with van der Waals surface area (Å²) in [5.41, 5.74) is 7.20. The lowest BCUT2D eigenvalue weighted by Gasteiger charge is -2.26. The molecule has 0 atom stereocenters. The van der Waals surface area contributed by atoms with Crippen LogP contribution in [0.5, 0.6) is 0 Å². The summed E-state index contributed by atoms with van der Waals surface area (Å²) in [6, 6.07) is 11.7. The summed E-state index contributed by atoms with van der Waals surface area (Å²) in [5.74, 6) is -0.162. The van der Waals surface area contributed by atoms with E-state index < -0.39 is 0 Å². The molecule has 28 heavy (non-hydrogen) atoms. The van der Waals surface area contributed by atoms with Crippen LogP contribution in [0.3, 0.4) is 0 Å². The number of amides is 1. The molecule has 0 bridgehead atoms. The lowest BCUT2D eigenvalue weighted by molar-refractivity contribution is 0.0944. The van der Waals surface area contributed by atoms with Gasteiger partial charge in [-0.2, -0.15) is 0 Å². The van der Waals surface area contributed by atoms with Gasteiger partial charge in [0.1, 0.15) is 17.7 Å². The van der Waals surface area contributed by atoms with Crippen molar-refractivity contribution in [1.82, 2.24) is 20.1 Å². The molecule has 1 aliphatic heterocycles. The molecule has 2 N–H and O–H groups in total. The van der Waals surface area contributed by atoms with Crippen LogP contribution in [-0.4, -0.2) is 34.7 Å². The highest BCUT2D eigenvalue weighted by molar-refractivity contribution is 6.30. The molecule has 0 aliphatic carbocycles. The SMILES string of the molecule is CCc1nc2ccc(Cl)cn2c1C(=O)NCc1ccc(N2CCN=CN2)cc1. The molecule has 7 nitrogen and oxygen atoms in total. The number of rotatable bonds is 5. The highest BCUT2D eigenvalue weighted by Gasteiger charge is 2.18. The molecule has 0 unspecified atom stereocenters. The number of halogens is 1. The van der Waals surface area contributed by atoms with E-state index in [0.29, 0.717) is 29.3 Å². The van der Waals surface area contributed by atoms with Crippen LogP contribution in [0.15, 0.2) is 47.6 Å². The molecule has 3 heterocycles. The zero-order valence-corrected chi connectivity index (χ0v) is 16.3. The number of hydrogen-bond acceptors (Lipinski definition) is 5. The van der Waals surface area contributed by atoms with E-state index >= 15 is 0 Å². The molecular weight excluding hydrogens is 376 g/mol. The second kappa shape index (κ2) is 7.90. The fraction of sp³-hybridized carbons (Fsp3) is 0.250. The smallest absolute Gasteiger partial charge is 0.270 e. The third-order valence-electron chi connectivity index (χ3n) is 4.66. The zero-order valence-electron chi connectivity index (χ0n) is 15.5. The molecular formula is C20H21ClN6O. The number of benzene rings is 1. The molecule has 0 fully saturated rings. The van der Waals surface area contributed by atoms with Crippen molar-refractivity contribution >= 4 is 35.2 Å². The molecule has 144 valence electrons. The van der Waals surface area contributed by atoms with E-state index in [4.69, 9.17) is 11.6 Å². The molecule has 0 radical (unpaired) electrons. The van der Waals surface area contributed by atoms with E-state index in [2.05, 4.69) is 20.7 Å². The second-order valence-corrected chi connectivity index (χ2v) is 6.94. The third-order valence-corrected chi connectivity index (χ3v) is 4.89. The van der Waals surface area contributed by atoms with Crippen molar-refractivity contribution in [2.24, 2.45) is 4.99 Å². The lowest BCUT2D eigenvalue weighted by Crippen LogP contribution is -2.42. The van der Waals surface area contributed by atoms with Crippen molar-refractivity contribution < 1.29 is 4.79 Å². The van der Waals surface area contributed by atoms with E-state index in [0.717, 1.165) is 30.0 Å². The van der Waals surface area contributed by atoms with E-state index in [9.17, 15) is 4.79 Å². The fourth-order valence-electron chi connectivity index (χ4n) is 3.22. The number of fused-ring (bicyclic) bond motifs is 1. The molecule has 8 heteroatoms. The number of imidazole rings is 1. The van der Waals surface area contributed by atoms with Crippen molar-refractivity contribution in [3.05, 3.63) is 64.6 Å². The predicted octanol–water partition coefficient (Wildman–Crippen LogP) is 2.83. The number of carbonyl (C=O) groups excluding carboxylic acids is 1. The van der Waals surface area contributed by atoms with Crippen LogP contribution in [0.2, 0.25) is 5.02 Å². The Morgan fingerprint density at radius 3 is 2.79 bits per heavy atom. The van der Waals surface area contributed by atoms with Crippen LogP contribution in [0.4, 0.5) is 5.69 Å². The number of anilines is 1. The Bertz CT molecular complexity index is 1030. The first kappa shape index (κ1) is 18.3. The van der Waals surface area contributed by atoms with Crippen LogP contribution >= 0.6 is 11.6 Å². The predicted molar refractivity (Wildman–Crippen MR) is 111 cm³/mol. The van der Waals surface area contributed by atoms with Gasteiger partial charge in [-0.3, -0.25) is 24.6 Å². The molecule has 4 rings (SSSR count). The first-order valence-corrected chi connectivity index (χ1v) is 9.59. The average Bonchev–Trinajstić information content (AvgIpc) is 3.11. The van der Waals surface area contributed by atoms with Gasteiger partial charge in [0.2, 0.25) is 0 Å². The highest BCUT2D eigenvalue weighted by atomic mass is 35.5. The average molecular weight is 397 g/mol. The molecule has 0 spiro atoms. The topological polar surface area (TPSA) is 74.0 Å². The minimum absolute atomic E-state index is 0.162. The molecule has 0 saturated heterocycles. The maximum absolute atomic E-state index is 12.9. The zero-order chi connectivity index (χ0) is 19.5. The van der Waals surface area contributed by atoms with Crippen LogP contribution in [0, 0.1) is 0 Å². The van der Waals surface area contributed by atoms with E-state index in [-0.39, 0.29) is 5.91 Å². The number of carbonyl (C=O) groups is 1. The normalized spacial score (nSPS) is 13.6. The molecule has 3 aromatic rings. The summed E-state index contributed by atoms with van der Waals surface area (Å²) >= 11 is 6.10. The molecule has 2 aromatic heterocycles. The van der Waals surface area contributed by atoms with Gasteiger partial charge in [-0.05, 0) is 36.2 Å². The Morgan fingerprint density at radius 2 is 2.07 bits per heavy atom. The van der Waals surface area contributed by atoms with E-state index in [1.165, 1.54) is 0 Å². The number of hydrogen-bond donors (Lipinski definition) is 2. The largest absolute Gasteiger partial charge is 0.347 e. The number of aryl methyl sites for hydroxylation is 1. The summed E-state index contributed by atoms with van der Waals surface area (Å²) in [4.78, 5) is 21.5. The molecule has 1 aliphatic rings. The van der Waals surface area contributed by atoms with Crippen LogP contribution in [0.25, 0.3) is 5.65 Å².